The summed E-state index contributed by atoms with van der Waals surface area (Å²) in [5.41, 5.74) is 4.57. The van der Waals surface area contributed by atoms with Gasteiger partial charge in [0.15, 0.2) is 5.43 Å². The molecule has 2 aromatic rings. The van der Waals surface area contributed by atoms with Gasteiger partial charge in [0.1, 0.15) is 11.3 Å². The lowest BCUT2D eigenvalue weighted by Gasteiger charge is -2.16. The highest BCUT2D eigenvalue weighted by molar-refractivity contribution is 6.31. The summed E-state index contributed by atoms with van der Waals surface area (Å²) in [5.74, 6) is 0.479. The van der Waals surface area contributed by atoms with Crippen LogP contribution in [0.1, 0.15) is 28.8 Å². The van der Waals surface area contributed by atoms with Crippen LogP contribution in [0.25, 0.3) is 33.4 Å². The number of hydrogen-bond acceptors (Lipinski definition) is 3. The van der Waals surface area contributed by atoms with Gasteiger partial charge in [-0.2, -0.15) is 0 Å². The monoisotopic (exact) mass is 403 g/mol. The van der Waals surface area contributed by atoms with E-state index >= 15 is 0 Å². The number of halogens is 1. The molecule has 0 bridgehead atoms. The largest absolute Gasteiger partial charge is 0.456 e. The maximum absolute atomic E-state index is 12.3. The standard InChI is InChI=1S/C24H18ClNO3/c1-13-10-18-22(12-20(13)27)29-21-9-6-16(25)11-19(21)23(18)14-2-4-15(5-3-14)24(28)26-17-7-8-17/h2-6,9-12,17H,7-8H2,1H3,(H,26,28). The van der Waals surface area contributed by atoms with Crippen LogP contribution in [-0.2, 0) is 0 Å². The second-order valence-electron chi connectivity index (χ2n) is 7.56. The van der Waals surface area contributed by atoms with Gasteiger partial charge in [0.05, 0.1) is 0 Å². The molecule has 3 aliphatic rings. The Morgan fingerprint density at radius 2 is 1.83 bits per heavy atom. The lowest BCUT2D eigenvalue weighted by atomic mass is 9.92. The van der Waals surface area contributed by atoms with E-state index in [4.69, 9.17) is 16.0 Å². The van der Waals surface area contributed by atoms with Gasteiger partial charge in [-0.25, -0.2) is 0 Å². The first-order valence-corrected chi connectivity index (χ1v) is 9.95. The Morgan fingerprint density at radius 3 is 2.55 bits per heavy atom. The molecule has 2 aromatic carbocycles. The van der Waals surface area contributed by atoms with E-state index in [1.54, 1.807) is 13.0 Å². The Hall–Kier alpha value is -3.11. The third-order valence-electron chi connectivity index (χ3n) is 5.33. The van der Waals surface area contributed by atoms with Gasteiger partial charge in [0.25, 0.3) is 5.91 Å². The van der Waals surface area contributed by atoms with Crippen molar-refractivity contribution in [3.05, 3.63) is 81.0 Å². The SMILES string of the molecule is Cc1cc2c(-c3ccc(C(=O)NC4CC4)cc3)c3cc(Cl)ccc3oc-2cc1=O. The summed E-state index contributed by atoms with van der Waals surface area (Å²) in [6.45, 7) is 1.79. The number of carbonyl (C=O) groups excluding carboxylic acids is 1. The Balaban J connectivity index is 1.71. The minimum atomic E-state index is -0.0624. The second-order valence-corrected chi connectivity index (χ2v) is 7.99. The highest BCUT2D eigenvalue weighted by Gasteiger charge is 2.24. The van der Waals surface area contributed by atoms with Crippen molar-refractivity contribution in [3.8, 4) is 22.5 Å². The number of amides is 1. The van der Waals surface area contributed by atoms with Gasteiger partial charge in [0.2, 0.25) is 0 Å². The summed E-state index contributed by atoms with van der Waals surface area (Å²) in [5, 5.41) is 4.47. The molecule has 1 aliphatic heterocycles. The van der Waals surface area contributed by atoms with E-state index in [2.05, 4.69) is 5.32 Å². The average molecular weight is 404 g/mol. The Kier molecular flexibility index (Phi) is 4.18. The van der Waals surface area contributed by atoms with Crippen molar-refractivity contribution in [2.24, 2.45) is 0 Å². The zero-order chi connectivity index (χ0) is 20.1. The average Bonchev–Trinajstić information content (AvgIpc) is 3.52. The van der Waals surface area contributed by atoms with Crippen LogP contribution in [0.4, 0.5) is 0 Å². The molecule has 5 rings (SSSR count). The van der Waals surface area contributed by atoms with Crippen LogP contribution in [0.5, 0.6) is 0 Å². The zero-order valence-electron chi connectivity index (χ0n) is 15.8. The van der Waals surface area contributed by atoms with Crippen LogP contribution < -0.4 is 10.7 Å². The smallest absolute Gasteiger partial charge is 0.251 e. The highest BCUT2D eigenvalue weighted by atomic mass is 35.5. The maximum Gasteiger partial charge on any atom is 0.251 e. The van der Waals surface area contributed by atoms with Gasteiger partial charge in [-0.1, -0.05) is 23.7 Å². The van der Waals surface area contributed by atoms with Crippen LogP contribution in [-0.4, -0.2) is 11.9 Å². The summed E-state index contributed by atoms with van der Waals surface area (Å²) in [6.07, 6.45) is 2.11. The minimum Gasteiger partial charge on any atom is -0.456 e. The van der Waals surface area contributed by atoms with Crippen molar-refractivity contribution in [2.45, 2.75) is 25.8 Å². The van der Waals surface area contributed by atoms with Gasteiger partial charge < -0.3 is 9.73 Å². The van der Waals surface area contributed by atoms with Crippen LogP contribution in [0.2, 0.25) is 5.02 Å². The van der Waals surface area contributed by atoms with E-state index in [1.807, 2.05) is 42.5 Å². The Morgan fingerprint density at radius 1 is 1.07 bits per heavy atom. The molecular weight excluding hydrogens is 386 g/mol. The Labute approximate surface area is 172 Å². The summed E-state index contributed by atoms with van der Waals surface area (Å²) in [7, 11) is 0. The minimum absolute atomic E-state index is 0.0493. The van der Waals surface area contributed by atoms with E-state index in [-0.39, 0.29) is 11.3 Å². The molecule has 29 heavy (non-hydrogen) atoms. The fraction of sp³-hybridized carbons (Fsp3) is 0.167. The summed E-state index contributed by atoms with van der Waals surface area (Å²) in [6, 6.07) is 16.6. The van der Waals surface area contributed by atoms with Crippen molar-refractivity contribution < 1.29 is 9.21 Å². The second kappa shape index (κ2) is 6.75. The van der Waals surface area contributed by atoms with E-state index < -0.39 is 0 Å². The van der Waals surface area contributed by atoms with E-state index in [9.17, 15) is 9.59 Å². The third-order valence-corrected chi connectivity index (χ3v) is 5.56. The quantitative estimate of drug-likeness (QED) is 0.465. The predicted octanol–water partition coefficient (Wildman–Crippen LogP) is 5.42. The molecule has 2 aliphatic carbocycles. The molecule has 0 saturated heterocycles. The number of carbonyl (C=O) groups is 1. The van der Waals surface area contributed by atoms with Crippen molar-refractivity contribution in [2.75, 3.05) is 0 Å². The number of aryl methyl sites for hydroxylation is 1. The van der Waals surface area contributed by atoms with E-state index in [0.717, 1.165) is 34.9 Å². The molecule has 144 valence electrons. The van der Waals surface area contributed by atoms with Gasteiger partial charge >= 0.3 is 0 Å². The molecule has 0 radical (unpaired) electrons. The third kappa shape index (κ3) is 3.30. The van der Waals surface area contributed by atoms with Crippen molar-refractivity contribution >= 4 is 28.5 Å². The van der Waals surface area contributed by atoms with Crippen LogP contribution >= 0.6 is 11.6 Å². The number of benzene rings is 3. The van der Waals surface area contributed by atoms with E-state index in [0.29, 0.717) is 33.5 Å². The first-order chi connectivity index (χ1) is 14.0. The highest BCUT2D eigenvalue weighted by Crippen LogP contribution is 2.41. The summed E-state index contributed by atoms with van der Waals surface area (Å²) < 4.78 is 5.99. The Bertz CT molecular complexity index is 1290. The first kappa shape index (κ1) is 18.0. The molecule has 1 saturated carbocycles. The fourth-order valence-electron chi connectivity index (χ4n) is 3.60. The van der Waals surface area contributed by atoms with Gasteiger partial charge in [-0.15, -0.1) is 0 Å². The molecule has 0 spiro atoms. The summed E-state index contributed by atoms with van der Waals surface area (Å²) in [4.78, 5) is 24.5. The molecule has 4 nitrogen and oxygen atoms in total. The van der Waals surface area contributed by atoms with Crippen LogP contribution in [0.3, 0.4) is 0 Å². The molecule has 0 unspecified atom stereocenters. The number of fused-ring (bicyclic) bond motifs is 2. The molecule has 5 heteroatoms. The van der Waals surface area contributed by atoms with Crippen molar-refractivity contribution in [1.29, 1.82) is 0 Å². The molecule has 1 fully saturated rings. The molecule has 1 amide bonds. The van der Waals surface area contributed by atoms with Gasteiger partial charge in [-0.05, 0) is 67.3 Å². The molecule has 0 atom stereocenters. The van der Waals surface area contributed by atoms with E-state index in [1.165, 1.54) is 6.07 Å². The van der Waals surface area contributed by atoms with Crippen LogP contribution in [0.15, 0.2) is 63.8 Å². The zero-order valence-corrected chi connectivity index (χ0v) is 16.5. The first-order valence-electron chi connectivity index (χ1n) is 9.57. The number of rotatable bonds is 3. The fourth-order valence-corrected chi connectivity index (χ4v) is 3.77. The summed E-state index contributed by atoms with van der Waals surface area (Å²) >= 11 is 6.26. The number of hydrogen-bond donors (Lipinski definition) is 1. The predicted molar refractivity (Wildman–Crippen MR) is 115 cm³/mol. The number of nitrogens with one attached hydrogen (secondary N) is 1. The lowest BCUT2D eigenvalue weighted by molar-refractivity contribution is 0.0951. The van der Waals surface area contributed by atoms with Gasteiger partial charge in [0, 0.05) is 39.2 Å². The normalized spacial score (nSPS) is 13.7. The van der Waals surface area contributed by atoms with Gasteiger partial charge in [-0.3, -0.25) is 9.59 Å². The lowest BCUT2D eigenvalue weighted by Crippen LogP contribution is -2.25. The van der Waals surface area contributed by atoms with Crippen molar-refractivity contribution in [3.63, 3.8) is 0 Å². The molecular formula is C24H18ClNO3. The topological polar surface area (TPSA) is 59.3 Å². The van der Waals surface area contributed by atoms with Crippen molar-refractivity contribution in [1.82, 2.24) is 5.32 Å². The maximum atomic E-state index is 12.3. The van der Waals surface area contributed by atoms with Crippen LogP contribution in [0, 0.1) is 6.92 Å². The molecule has 0 aromatic heterocycles. The molecule has 1 N–H and O–H groups in total. The molecule has 1 heterocycles.